The maximum absolute atomic E-state index is 13.4. The molecular formula is C16H22FNO. The van der Waals surface area contributed by atoms with Crippen molar-refractivity contribution < 1.29 is 9.18 Å². The fraction of sp³-hybridized carbons (Fsp3) is 0.562. The summed E-state index contributed by atoms with van der Waals surface area (Å²) in [4.78, 5) is 14.4. The van der Waals surface area contributed by atoms with Crippen LogP contribution in [0.4, 0.5) is 4.39 Å². The second-order valence-electron chi connectivity index (χ2n) is 5.39. The molecule has 1 aromatic rings. The van der Waals surface area contributed by atoms with Gasteiger partial charge in [-0.15, -0.1) is 0 Å². The van der Waals surface area contributed by atoms with Gasteiger partial charge in [-0.1, -0.05) is 25.0 Å². The van der Waals surface area contributed by atoms with Crippen LogP contribution in [0.15, 0.2) is 18.2 Å². The highest BCUT2D eigenvalue weighted by Gasteiger charge is 2.13. The van der Waals surface area contributed by atoms with Gasteiger partial charge in [0.05, 0.1) is 0 Å². The van der Waals surface area contributed by atoms with Crippen LogP contribution in [0.3, 0.4) is 0 Å². The molecule has 19 heavy (non-hydrogen) atoms. The van der Waals surface area contributed by atoms with E-state index in [-0.39, 0.29) is 11.6 Å². The number of nitrogens with zero attached hydrogens (tertiary/aromatic N) is 1. The Bertz CT molecular complexity index is 436. The number of ketones is 1. The summed E-state index contributed by atoms with van der Waals surface area (Å²) in [5.41, 5.74) is 1.09. The summed E-state index contributed by atoms with van der Waals surface area (Å²) in [7, 11) is 0. The predicted molar refractivity (Wildman–Crippen MR) is 75.0 cm³/mol. The highest BCUT2D eigenvalue weighted by atomic mass is 19.1. The molecule has 0 bridgehead atoms. The lowest BCUT2D eigenvalue weighted by Crippen LogP contribution is -2.27. The molecule has 0 aromatic heterocycles. The Morgan fingerprint density at radius 1 is 1.21 bits per heavy atom. The van der Waals surface area contributed by atoms with E-state index in [1.54, 1.807) is 19.1 Å². The first-order valence-electron chi connectivity index (χ1n) is 7.18. The molecule has 2 nitrogen and oxygen atoms in total. The Morgan fingerprint density at radius 3 is 2.53 bits per heavy atom. The molecular weight excluding hydrogens is 241 g/mol. The SMILES string of the molecule is Cc1ccc(C(=O)CCN2CCCCCC2)cc1F. The summed E-state index contributed by atoms with van der Waals surface area (Å²) < 4.78 is 13.4. The minimum absolute atomic E-state index is 0.0446. The minimum atomic E-state index is -0.291. The quantitative estimate of drug-likeness (QED) is 0.774. The zero-order chi connectivity index (χ0) is 13.7. The first kappa shape index (κ1) is 14.2. The second kappa shape index (κ2) is 6.80. The molecule has 0 saturated carbocycles. The summed E-state index contributed by atoms with van der Waals surface area (Å²) >= 11 is 0. The van der Waals surface area contributed by atoms with Crippen LogP contribution >= 0.6 is 0 Å². The fourth-order valence-corrected chi connectivity index (χ4v) is 2.53. The van der Waals surface area contributed by atoms with Crippen molar-refractivity contribution in [3.05, 3.63) is 35.1 Å². The number of carbonyl (C=O) groups excluding carboxylic acids is 1. The van der Waals surface area contributed by atoms with Crippen LogP contribution < -0.4 is 0 Å². The molecule has 0 aliphatic carbocycles. The lowest BCUT2D eigenvalue weighted by atomic mass is 10.1. The number of likely N-dealkylation sites (tertiary alicyclic amines) is 1. The topological polar surface area (TPSA) is 20.3 Å². The van der Waals surface area contributed by atoms with Crippen LogP contribution in [-0.4, -0.2) is 30.3 Å². The van der Waals surface area contributed by atoms with Crippen molar-refractivity contribution in [1.82, 2.24) is 4.90 Å². The third-order valence-electron chi connectivity index (χ3n) is 3.85. The number of hydrogen-bond donors (Lipinski definition) is 0. The smallest absolute Gasteiger partial charge is 0.164 e. The standard InChI is InChI=1S/C16H22FNO/c1-13-6-7-14(12-15(13)17)16(19)8-11-18-9-4-2-3-5-10-18/h6-7,12H,2-5,8-11H2,1H3. The van der Waals surface area contributed by atoms with Gasteiger partial charge >= 0.3 is 0 Å². The number of aryl methyl sites for hydroxylation is 1. The lowest BCUT2D eigenvalue weighted by molar-refractivity contribution is 0.0964. The highest BCUT2D eigenvalue weighted by molar-refractivity contribution is 5.96. The summed E-state index contributed by atoms with van der Waals surface area (Å²) in [6.07, 6.45) is 5.55. The van der Waals surface area contributed by atoms with Crippen molar-refractivity contribution in [2.75, 3.05) is 19.6 Å². The highest BCUT2D eigenvalue weighted by Crippen LogP contribution is 2.13. The molecule has 2 rings (SSSR count). The normalized spacial score (nSPS) is 17.2. The van der Waals surface area contributed by atoms with Gasteiger partial charge in [0.25, 0.3) is 0 Å². The monoisotopic (exact) mass is 263 g/mol. The van der Waals surface area contributed by atoms with E-state index >= 15 is 0 Å². The molecule has 0 N–H and O–H groups in total. The van der Waals surface area contributed by atoms with Gasteiger partial charge in [-0.25, -0.2) is 4.39 Å². The van der Waals surface area contributed by atoms with Crippen molar-refractivity contribution in [2.45, 2.75) is 39.0 Å². The van der Waals surface area contributed by atoms with Crippen LogP contribution in [0.5, 0.6) is 0 Å². The van der Waals surface area contributed by atoms with Crippen LogP contribution in [0.1, 0.15) is 48.0 Å². The van der Waals surface area contributed by atoms with Crippen molar-refractivity contribution in [1.29, 1.82) is 0 Å². The Labute approximate surface area is 114 Å². The van der Waals surface area contributed by atoms with E-state index in [9.17, 15) is 9.18 Å². The second-order valence-corrected chi connectivity index (χ2v) is 5.39. The van der Waals surface area contributed by atoms with Crippen LogP contribution in [0, 0.1) is 12.7 Å². The summed E-state index contributed by atoms with van der Waals surface area (Å²) in [6.45, 7) is 4.69. The Kier molecular flexibility index (Phi) is 5.08. The Hall–Kier alpha value is -1.22. The van der Waals surface area contributed by atoms with E-state index in [0.29, 0.717) is 17.5 Å². The van der Waals surface area contributed by atoms with Gasteiger partial charge in [0.1, 0.15) is 5.82 Å². The molecule has 1 heterocycles. The van der Waals surface area contributed by atoms with E-state index < -0.39 is 0 Å². The molecule has 0 unspecified atom stereocenters. The first-order valence-corrected chi connectivity index (χ1v) is 7.18. The molecule has 0 amide bonds. The predicted octanol–water partition coefficient (Wildman–Crippen LogP) is 3.58. The van der Waals surface area contributed by atoms with Gasteiger partial charge in [0.15, 0.2) is 5.78 Å². The average Bonchev–Trinajstić information content (AvgIpc) is 2.67. The largest absolute Gasteiger partial charge is 0.303 e. The van der Waals surface area contributed by atoms with E-state index in [1.165, 1.54) is 31.7 Å². The Morgan fingerprint density at radius 2 is 1.89 bits per heavy atom. The van der Waals surface area contributed by atoms with Crippen molar-refractivity contribution in [3.63, 3.8) is 0 Å². The molecule has 1 aromatic carbocycles. The number of carbonyl (C=O) groups is 1. The number of halogens is 1. The summed E-state index contributed by atoms with van der Waals surface area (Å²) in [6, 6.07) is 4.76. The van der Waals surface area contributed by atoms with Gasteiger partial charge < -0.3 is 4.90 Å². The van der Waals surface area contributed by atoms with Gasteiger partial charge in [0, 0.05) is 18.5 Å². The molecule has 0 atom stereocenters. The van der Waals surface area contributed by atoms with Crippen molar-refractivity contribution >= 4 is 5.78 Å². The maximum Gasteiger partial charge on any atom is 0.164 e. The van der Waals surface area contributed by atoms with E-state index in [1.807, 2.05) is 0 Å². The third-order valence-corrected chi connectivity index (χ3v) is 3.85. The van der Waals surface area contributed by atoms with Crippen molar-refractivity contribution in [2.24, 2.45) is 0 Å². The third kappa shape index (κ3) is 4.13. The molecule has 0 spiro atoms. The maximum atomic E-state index is 13.4. The number of benzene rings is 1. The first-order chi connectivity index (χ1) is 9.16. The van der Waals surface area contributed by atoms with Gasteiger partial charge in [0.2, 0.25) is 0 Å². The Balaban J connectivity index is 1.87. The van der Waals surface area contributed by atoms with E-state index in [0.717, 1.165) is 19.6 Å². The molecule has 1 aliphatic heterocycles. The summed E-state index contributed by atoms with van der Waals surface area (Å²) in [5, 5.41) is 0. The van der Waals surface area contributed by atoms with Crippen LogP contribution in [0.2, 0.25) is 0 Å². The molecule has 3 heteroatoms. The molecule has 0 radical (unpaired) electrons. The van der Waals surface area contributed by atoms with Crippen LogP contribution in [-0.2, 0) is 0 Å². The van der Waals surface area contributed by atoms with Gasteiger partial charge in [-0.2, -0.15) is 0 Å². The molecule has 1 aliphatic rings. The molecule has 104 valence electrons. The number of hydrogen-bond acceptors (Lipinski definition) is 2. The van der Waals surface area contributed by atoms with Gasteiger partial charge in [-0.3, -0.25) is 4.79 Å². The molecule has 1 fully saturated rings. The van der Waals surface area contributed by atoms with E-state index in [4.69, 9.17) is 0 Å². The number of rotatable bonds is 4. The van der Waals surface area contributed by atoms with Gasteiger partial charge in [-0.05, 0) is 44.5 Å². The fourth-order valence-electron chi connectivity index (χ4n) is 2.53. The molecule has 1 saturated heterocycles. The zero-order valence-electron chi connectivity index (χ0n) is 11.6. The summed E-state index contributed by atoms with van der Waals surface area (Å²) in [5.74, 6) is -0.247. The number of Topliss-reactive ketones (excluding diaryl/α,β-unsaturated/α-hetero) is 1. The lowest BCUT2D eigenvalue weighted by Gasteiger charge is -2.19. The van der Waals surface area contributed by atoms with E-state index in [2.05, 4.69) is 4.90 Å². The van der Waals surface area contributed by atoms with Crippen LogP contribution in [0.25, 0.3) is 0 Å². The average molecular weight is 263 g/mol. The minimum Gasteiger partial charge on any atom is -0.303 e. The van der Waals surface area contributed by atoms with Crippen molar-refractivity contribution in [3.8, 4) is 0 Å². The zero-order valence-corrected chi connectivity index (χ0v) is 11.6.